The van der Waals surface area contributed by atoms with Gasteiger partial charge in [0, 0.05) is 34.5 Å². The van der Waals surface area contributed by atoms with Crippen molar-refractivity contribution in [2.45, 2.75) is 19.8 Å². The number of aromatic nitrogens is 1. The van der Waals surface area contributed by atoms with Crippen LogP contribution in [0, 0.1) is 6.92 Å². The van der Waals surface area contributed by atoms with E-state index in [-0.39, 0.29) is 0 Å². The molecule has 1 nitrogen and oxygen atoms in total. The molecule has 1 atom stereocenters. The highest BCUT2D eigenvalue weighted by atomic mass is 15.0. The van der Waals surface area contributed by atoms with Gasteiger partial charge in [-0.3, -0.25) is 0 Å². The van der Waals surface area contributed by atoms with Gasteiger partial charge in [-0.1, -0.05) is 55.2 Å². The van der Waals surface area contributed by atoms with Crippen LogP contribution >= 0.6 is 0 Å². The van der Waals surface area contributed by atoms with Crippen molar-refractivity contribution in [2.75, 3.05) is 0 Å². The van der Waals surface area contributed by atoms with Crippen LogP contribution in [0.4, 0.5) is 0 Å². The fraction of sp³-hybridized carbons (Fsp3) is 0.125. The number of hydrogen-bond donors (Lipinski definition) is 0. The minimum atomic E-state index is 0.503. The summed E-state index contributed by atoms with van der Waals surface area (Å²) in [4.78, 5) is 0. The Labute approximate surface area is 149 Å². The number of benzene rings is 1. The highest BCUT2D eigenvalue weighted by Crippen LogP contribution is 2.46. The molecule has 1 heteroatoms. The molecule has 1 aromatic carbocycles. The van der Waals surface area contributed by atoms with Crippen LogP contribution in [0.25, 0.3) is 23.9 Å². The average molecular weight is 323 g/mol. The molecule has 1 unspecified atom stereocenters. The van der Waals surface area contributed by atoms with Crippen molar-refractivity contribution in [1.29, 1.82) is 0 Å². The fourth-order valence-corrected chi connectivity index (χ4v) is 3.68. The second-order valence-electron chi connectivity index (χ2n) is 6.38. The summed E-state index contributed by atoms with van der Waals surface area (Å²) in [5, 5.41) is 0. The minimum Gasteiger partial charge on any atom is -0.313 e. The van der Waals surface area contributed by atoms with Gasteiger partial charge in [-0.05, 0) is 43.2 Å². The molecular weight excluding hydrogens is 302 g/mol. The van der Waals surface area contributed by atoms with Crippen molar-refractivity contribution in [2.24, 2.45) is 0 Å². The maximum atomic E-state index is 3.80. The second-order valence-corrected chi connectivity index (χ2v) is 6.38. The van der Waals surface area contributed by atoms with E-state index in [2.05, 4.69) is 79.3 Å². The van der Waals surface area contributed by atoms with Gasteiger partial charge in [0.15, 0.2) is 0 Å². The molecule has 2 aliphatic rings. The fourth-order valence-electron chi connectivity index (χ4n) is 3.68. The molecule has 0 fully saturated rings. The third-order valence-corrected chi connectivity index (χ3v) is 4.91. The number of nitrogens with zero attached hydrogens (tertiary/aromatic N) is 1. The summed E-state index contributed by atoms with van der Waals surface area (Å²) < 4.78 is 2.33. The van der Waals surface area contributed by atoms with Gasteiger partial charge in [-0.25, -0.2) is 0 Å². The van der Waals surface area contributed by atoms with E-state index >= 15 is 0 Å². The zero-order valence-corrected chi connectivity index (χ0v) is 14.7. The van der Waals surface area contributed by atoms with E-state index in [0.717, 1.165) is 0 Å². The molecular formula is C24H21N. The lowest BCUT2D eigenvalue weighted by molar-refractivity contribution is 1.000. The van der Waals surface area contributed by atoms with Gasteiger partial charge in [0.25, 0.3) is 0 Å². The third kappa shape index (κ3) is 2.50. The summed E-state index contributed by atoms with van der Waals surface area (Å²) in [6, 6.07) is 6.80. The zero-order chi connectivity index (χ0) is 17.4. The molecule has 0 N–H and O–H groups in total. The Morgan fingerprint density at radius 1 is 1.24 bits per heavy atom. The molecule has 0 amide bonds. The summed E-state index contributed by atoms with van der Waals surface area (Å²) in [6.07, 6.45) is 18.6. The van der Waals surface area contributed by atoms with Crippen LogP contribution in [0.5, 0.6) is 0 Å². The van der Waals surface area contributed by atoms with Crippen LogP contribution in [0.2, 0.25) is 0 Å². The molecule has 1 heterocycles. The SMILES string of the molecule is C=C/C=C\c1c2c(n(-c3ccc4c(c3)C4/C=C\C)c1C)C=C=CC=C2. The Hall–Kier alpha value is -3.02. The van der Waals surface area contributed by atoms with Crippen LogP contribution < -0.4 is 0 Å². The Morgan fingerprint density at radius 2 is 2.12 bits per heavy atom. The van der Waals surface area contributed by atoms with E-state index in [1.54, 1.807) is 0 Å². The summed E-state index contributed by atoms with van der Waals surface area (Å²) in [6.45, 7) is 8.06. The number of hydrogen-bond acceptors (Lipinski definition) is 0. The molecule has 0 aliphatic heterocycles. The monoisotopic (exact) mass is 323 g/mol. The topological polar surface area (TPSA) is 4.93 Å². The number of allylic oxidation sites excluding steroid dienone is 6. The molecule has 25 heavy (non-hydrogen) atoms. The van der Waals surface area contributed by atoms with Crippen molar-refractivity contribution >= 4 is 18.2 Å². The summed E-state index contributed by atoms with van der Waals surface area (Å²) in [5.74, 6) is 0.503. The highest BCUT2D eigenvalue weighted by Gasteiger charge is 2.30. The third-order valence-electron chi connectivity index (χ3n) is 4.91. The van der Waals surface area contributed by atoms with Gasteiger partial charge in [-0.15, -0.1) is 5.73 Å². The lowest BCUT2D eigenvalue weighted by atomic mass is 10.1. The zero-order valence-electron chi connectivity index (χ0n) is 14.7. The predicted octanol–water partition coefficient (Wildman–Crippen LogP) is 6.20. The normalized spacial score (nSPS) is 17.1. The Balaban J connectivity index is 1.90. The molecule has 0 saturated heterocycles. The maximum Gasteiger partial charge on any atom is 0.0614 e. The molecule has 2 aliphatic carbocycles. The summed E-state index contributed by atoms with van der Waals surface area (Å²) in [7, 11) is 0. The van der Waals surface area contributed by atoms with Crippen LogP contribution in [0.3, 0.4) is 0 Å². The highest BCUT2D eigenvalue weighted by molar-refractivity contribution is 5.79. The summed E-state index contributed by atoms with van der Waals surface area (Å²) in [5.41, 5.74) is 12.2. The van der Waals surface area contributed by atoms with Gasteiger partial charge in [-0.2, -0.15) is 0 Å². The first-order valence-corrected chi connectivity index (χ1v) is 8.67. The molecule has 0 saturated carbocycles. The lowest BCUT2D eigenvalue weighted by Crippen LogP contribution is -1.99. The van der Waals surface area contributed by atoms with Crippen molar-refractivity contribution in [1.82, 2.24) is 4.57 Å². The van der Waals surface area contributed by atoms with Gasteiger partial charge in [0.1, 0.15) is 0 Å². The van der Waals surface area contributed by atoms with Crippen LogP contribution in [0.15, 0.2) is 67.0 Å². The standard InChI is InChI=1S/C24H21N/c1-4-6-11-19-17(3)25(24-13-9-7-8-12-22(19)24)18-14-15-21-20(10-5-2)23(21)16-18/h4-8,10-16,20H,1H2,2-3H3/b10-5-,11-6-. The van der Waals surface area contributed by atoms with Gasteiger partial charge < -0.3 is 4.57 Å². The lowest BCUT2D eigenvalue weighted by Gasteiger charge is -2.09. The molecule has 1 aromatic heterocycles. The quantitative estimate of drug-likeness (QED) is 0.358. The maximum absolute atomic E-state index is 3.80. The van der Waals surface area contributed by atoms with Crippen molar-refractivity contribution in [3.63, 3.8) is 0 Å². The van der Waals surface area contributed by atoms with E-state index in [4.69, 9.17) is 0 Å². The molecule has 2 aromatic rings. The second kappa shape index (κ2) is 6.12. The van der Waals surface area contributed by atoms with E-state index < -0.39 is 0 Å². The first-order chi connectivity index (χ1) is 12.3. The molecule has 0 spiro atoms. The molecule has 4 rings (SSSR count). The van der Waals surface area contributed by atoms with Gasteiger partial charge >= 0.3 is 0 Å². The first kappa shape index (κ1) is 15.5. The molecule has 0 radical (unpaired) electrons. The number of rotatable bonds is 4. The minimum absolute atomic E-state index is 0.503. The Bertz CT molecular complexity index is 1010. The smallest absolute Gasteiger partial charge is 0.0614 e. The largest absolute Gasteiger partial charge is 0.313 e. The van der Waals surface area contributed by atoms with E-state index in [1.807, 2.05) is 24.3 Å². The van der Waals surface area contributed by atoms with Crippen LogP contribution in [0.1, 0.15) is 46.5 Å². The Kier molecular flexibility index (Phi) is 3.80. The van der Waals surface area contributed by atoms with E-state index in [9.17, 15) is 0 Å². The van der Waals surface area contributed by atoms with Gasteiger partial charge in [0.2, 0.25) is 0 Å². The van der Waals surface area contributed by atoms with E-state index in [0.29, 0.717) is 5.92 Å². The van der Waals surface area contributed by atoms with Crippen LogP contribution in [-0.4, -0.2) is 4.57 Å². The predicted molar refractivity (Wildman–Crippen MR) is 108 cm³/mol. The van der Waals surface area contributed by atoms with Crippen LogP contribution in [-0.2, 0) is 0 Å². The van der Waals surface area contributed by atoms with Crippen molar-refractivity contribution < 1.29 is 0 Å². The van der Waals surface area contributed by atoms with E-state index in [1.165, 1.54) is 39.3 Å². The average Bonchev–Trinajstić information content (AvgIpc) is 3.30. The molecule has 0 bridgehead atoms. The Morgan fingerprint density at radius 3 is 2.92 bits per heavy atom. The first-order valence-electron chi connectivity index (χ1n) is 8.67. The van der Waals surface area contributed by atoms with Gasteiger partial charge in [0.05, 0.1) is 5.69 Å². The number of fused-ring (bicyclic) bond motifs is 2. The summed E-state index contributed by atoms with van der Waals surface area (Å²) >= 11 is 0. The van der Waals surface area contributed by atoms with Crippen molar-refractivity contribution in [3.8, 4) is 5.69 Å². The molecule has 122 valence electrons. The van der Waals surface area contributed by atoms with Crippen molar-refractivity contribution in [3.05, 3.63) is 101 Å².